The van der Waals surface area contributed by atoms with Crippen LogP contribution in [0.1, 0.15) is 71.1 Å². The van der Waals surface area contributed by atoms with E-state index in [9.17, 15) is 5.11 Å². The van der Waals surface area contributed by atoms with Gasteiger partial charge in [0.2, 0.25) is 0 Å². The first-order chi connectivity index (χ1) is 8.24. The van der Waals surface area contributed by atoms with E-state index in [0.717, 1.165) is 38.7 Å². The van der Waals surface area contributed by atoms with E-state index in [-0.39, 0.29) is 5.60 Å². The van der Waals surface area contributed by atoms with Crippen molar-refractivity contribution in [2.24, 2.45) is 5.92 Å². The van der Waals surface area contributed by atoms with Gasteiger partial charge in [0.05, 0.1) is 11.7 Å². The summed E-state index contributed by atoms with van der Waals surface area (Å²) in [6, 6.07) is 0. The molecule has 0 aromatic rings. The summed E-state index contributed by atoms with van der Waals surface area (Å²) in [6.45, 7) is 3.17. The van der Waals surface area contributed by atoms with Gasteiger partial charge in [0.15, 0.2) is 0 Å². The Hall–Kier alpha value is -0.0800. The first-order valence-corrected chi connectivity index (χ1v) is 7.58. The van der Waals surface area contributed by atoms with E-state index in [0.29, 0.717) is 12.0 Å². The van der Waals surface area contributed by atoms with Gasteiger partial charge in [-0.1, -0.05) is 26.2 Å². The van der Waals surface area contributed by atoms with Gasteiger partial charge in [0.1, 0.15) is 0 Å². The van der Waals surface area contributed by atoms with Crippen LogP contribution in [0.2, 0.25) is 0 Å². The van der Waals surface area contributed by atoms with Crippen LogP contribution in [-0.4, -0.2) is 23.4 Å². The zero-order valence-corrected chi connectivity index (χ0v) is 11.3. The number of aliphatic hydroxyl groups is 1. The summed E-state index contributed by atoms with van der Waals surface area (Å²) in [5.41, 5.74) is -0.356. The van der Waals surface area contributed by atoms with E-state index in [1.54, 1.807) is 0 Å². The minimum Gasteiger partial charge on any atom is -0.390 e. The van der Waals surface area contributed by atoms with Gasteiger partial charge >= 0.3 is 0 Å². The molecule has 2 rings (SSSR count). The van der Waals surface area contributed by atoms with Crippen molar-refractivity contribution in [2.45, 2.75) is 82.8 Å². The fraction of sp³-hybridized carbons (Fsp3) is 1.00. The summed E-state index contributed by atoms with van der Waals surface area (Å²) < 4.78 is 5.65. The molecule has 0 amide bonds. The molecule has 1 saturated heterocycles. The highest BCUT2D eigenvalue weighted by atomic mass is 16.5. The third-order valence-electron chi connectivity index (χ3n) is 4.82. The van der Waals surface area contributed by atoms with Crippen molar-refractivity contribution in [3.05, 3.63) is 0 Å². The maximum Gasteiger partial charge on any atom is 0.0675 e. The maximum atomic E-state index is 10.8. The molecule has 3 unspecified atom stereocenters. The van der Waals surface area contributed by atoms with Gasteiger partial charge in [-0.2, -0.15) is 0 Å². The molecule has 1 aliphatic heterocycles. The van der Waals surface area contributed by atoms with Crippen LogP contribution in [0.25, 0.3) is 0 Å². The van der Waals surface area contributed by atoms with Crippen molar-refractivity contribution in [1.82, 2.24) is 0 Å². The second-order valence-electron chi connectivity index (χ2n) is 5.98. The number of rotatable bonds is 5. The standard InChI is InChI=1S/C15H28O2/c1-2-13-7-3-4-10-15(13,16)11-5-8-14-9-6-12-17-14/h13-14,16H,2-12H2,1H3. The largest absolute Gasteiger partial charge is 0.390 e. The lowest BCUT2D eigenvalue weighted by Gasteiger charge is -2.40. The van der Waals surface area contributed by atoms with Crippen molar-refractivity contribution in [1.29, 1.82) is 0 Å². The molecule has 0 aromatic heterocycles. The van der Waals surface area contributed by atoms with Crippen LogP contribution in [0.3, 0.4) is 0 Å². The van der Waals surface area contributed by atoms with Crippen LogP contribution in [0.15, 0.2) is 0 Å². The summed E-state index contributed by atoms with van der Waals surface area (Å²) in [4.78, 5) is 0. The highest BCUT2D eigenvalue weighted by Gasteiger charge is 2.37. The van der Waals surface area contributed by atoms with Crippen LogP contribution in [0.4, 0.5) is 0 Å². The van der Waals surface area contributed by atoms with Crippen LogP contribution >= 0.6 is 0 Å². The van der Waals surface area contributed by atoms with E-state index in [1.165, 1.54) is 32.1 Å². The molecule has 2 heteroatoms. The molecule has 0 radical (unpaired) electrons. The monoisotopic (exact) mass is 240 g/mol. The molecular weight excluding hydrogens is 212 g/mol. The molecule has 2 nitrogen and oxygen atoms in total. The Morgan fingerprint density at radius 3 is 2.82 bits per heavy atom. The van der Waals surface area contributed by atoms with Gasteiger partial charge in [0.25, 0.3) is 0 Å². The second-order valence-corrected chi connectivity index (χ2v) is 5.98. The molecule has 1 heterocycles. The highest BCUT2D eigenvalue weighted by Crippen LogP contribution is 2.39. The minimum absolute atomic E-state index is 0.356. The summed E-state index contributed by atoms with van der Waals surface area (Å²) >= 11 is 0. The van der Waals surface area contributed by atoms with Crippen molar-refractivity contribution in [2.75, 3.05) is 6.61 Å². The second kappa shape index (κ2) is 6.19. The predicted molar refractivity (Wildman–Crippen MR) is 70.0 cm³/mol. The van der Waals surface area contributed by atoms with Crippen LogP contribution < -0.4 is 0 Å². The highest BCUT2D eigenvalue weighted by molar-refractivity contribution is 4.89. The summed E-state index contributed by atoms with van der Waals surface area (Å²) in [5.74, 6) is 0.542. The number of hydrogen-bond acceptors (Lipinski definition) is 2. The van der Waals surface area contributed by atoms with Crippen molar-refractivity contribution >= 4 is 0 Å². The molecule has 2 aliphatic rings. The van der Waals surface area contributed by atoms with Gasteiger partial charge in [-0.15, -0.1) is 0 Å². The first kappa shape index (κ1) is 13.4. The molecule has 1 N–H and O–H groups in total. The van der Waals surface area contributed by atoms with Crippen molar-refractivity contribution in [3.8, 4) is 0 Å². The smallest absolute Gasteiger partial charge is 0.0675 e. The van der Waals surface area contributed by atoms with Gasteiger partial charge < -0.3 is 9.84 Å². The van der Waals surface area contributed by atoms with E-state index in [2.05, 4.69) is 6.92 Å². The minimum atomic E-state index is -0.356. The lowest BCUT2D eigenvalue weighted by molar-refractivity contribution is -0.0596. The summed E-state index contributed by atoms with van der Waals surface area (Å²) in [6.07, 6.45) is 12.1. The Morgan fingerprint density at radius 2 is 2.12 bits per heavy atom. The Kier molecular flexibility index (Phi) is 4.87. The Balaban J connectivity index is 1.74. The predicted octanol–water partition coefficient (Wildman–Crippen LogP) is 3.67. The van der Waals surface area contributed by atoms with E-state index in [4.69, 9.17) is 4.74 Å². The Labute approximate surface area is 106 Å². The average Bonchev–Trinajstić information content (AvgIpc) is 2.82. The average molecular weight is 240 g/mol. The maximum absolute atomic E-state index is 10.8. The van der Waals surface area contributed by atoms with Crippen LogP contribution in [0.5, 0.6) is 0 Å². The summed E-state index contributed by atoms with van der Waals surface area (Å²) in [7, 11) is 0. The number of hydrogen-bond donors (Lipinski definition) is 1. The first-order valence-electron chi connectivity index (χ1n) is 7.58. The topological polar surface area (TPSA) is 29.5 Å². The number of ether oxygens (including phenoxy) is 1. The third kappa shape index (κ3) is 3.45. The van der Waals surface area contributed by atoms with Crippen molar-refractivity contribution < 1.29 is 9.84 Å². The zero-order chi connectivity index (χ0) is 12.1. The van der Waals surface area contributed by atoms with E-state index in [1.807, 2.05) is 0 Å². The molecule has 1 saturated carbocycles. The Bertz CT molecular complexity index is 223. The van der Waals surface area contributed by atoms with Gasteiger partial charge in [0, 0.05) is 6.61 Å². The van der Waals surface area contributed by atoms with Gasteiger partial charge in [-0.05, 0) is 50.9 Å². The normalized spacial score (nSPS) is 38.5. The molecule has 0 aromatic carbocycles. The van der Waals surface area contributed by atoms with E-state index >= 15 is 0 Å². The fourth-order valence-electron chi connectivity index (χ4n) is 3.72. The fourth-order valence-corrected chi connectivity index (χ4v) is 3.72. The molecule has 3 atom stereocenters. The lowest BCUT2D eigenvalue weighted by atomic mass is 9.71. The summed E-state index contributed by atoms with van der Waals surface area (Å²) in [5, 5.41) is 10.8. The molecule has 100 valence electrons. The Morgan fingerprint density at radius 1 is 1.24 bits per heavy atom. The van der Waals surface area contributed by atoms with Gasteiger partial charge in [-0.25, -0.2) is 0 Å². The molecule has 0 spiro atoms. The van der Waals surface area contributed by atoms with Crippen LogP contribution in [-0.2, 0) is 4.74 Å². The van der Waals surface area contributed by atoms with Crippen molar-refractivity contribution in [3.63, 3.8) is 0 Å². The molecular formula is C15H28O2. The molecule has 0 bridgehead atoms. The zero-order valence-electron chi connectivity index (χ0n) is 11.3. The molecule has 1 aliphatic carbocycles. The quantitative estimate of drug-likeness (QED) is 0.794. The SMILES string of the molecule is CCC1CCCCC1(O)CCCC1CCCO1. The van der Waals surface area contributed by atoms with Gasteiger partial charge in [-0.3, -0.25) is 0 Å². The molecule has 2 fully saturated rings. The lowest BCUT2D eigenvalue weighted by Crippen LogP contribution is -2.40. The third-order valence-corrected chi connectivity index (χ3v) is 4.82. The van der Waals surface area contributed by atoms with Crippen LogP contribution in [0, 0.1) is 5.92 Å². The van der Waals surface area contributed by atoms with E-state index < -0.39 is 0 Å². The molecule has 17 heavy (non-hydrogen) atoms.